The number of anilines is 1. The summed E-state index contributed by atoms with van der Waals surface area (Å²) in [6.07, 6.45) is 3.26. The van der Waals surface area contributed by atoms with Gasteiger partial charge in [0.15, 0.2) is 0 Å². The molecule has 0 bridgehead atoms. The van der Waals surface area contributed by atoms with Gasteiger partial charge in [-0.25, -0.2) is 0 Å². The van der Waals surface area contributed by atoms with Crippen LogP contribution in [0.3, 0.4) is 0 Å². The maximum absolute atomic E-state index is 11.6. The summed E-state index contributed by atoms with van der Waals surface area (Å²) < 4.78 is 5.58. The van der Waals surface area contributed by atoms with Gasteiger partial charge in [-0.05, 0) is 37.3 Å². The molecule has 0 saturated carbocycles. The fourth-order valence-corrected chi connectivity index (χ4v) is 1.58. The highest BCUT2D eigenvalue weighted by atomic mass is 16.5. The van der Waals surface area contributed by atoms with E-state index in [-0.39, 0.29) is 5.91 Å². The molecular formula is C14H15N3O2. The van der Waals surface area contributed by atoms with Gasteiger partial charge in [0, 0.05) is 18.3 Å². The van der Waals surface area contributed by atoms with Crippen molar-refractivity contribution in [1.82, 2.24) is 10.3 Å². The summed E-state index contributed by atoms with van der Waals surface area (Å²) in [5.41, 5.74) is 6.80. The topological polar surface area (TPSA) is 77.2 Å². The molecule has 3 N–H and O–H groups in total. The van der Waals surface area contributed by atoms with Gasteiger partial charge in [-0.3, -0.25) is 9.78 Å². The zero-order valence-electron chi connectivity index (χ0n) is 10.6. The number of nitrogens with one attached hydrogen (secondary N) is 1. The molecule has 5 heteroatoms. The van der Waals surface area contributed by atoms with Gasteiger partial charge in [-0.1, -0.05) is 0 Å². The van der Waals surface area contributed by atoms with Crippen molar-refractivity contribution in [2.24, 2.45) is 0 Å². The smallest absolute Gasteiger partial charge is 0.251 e. The van der Waals surface area contributed by atoms with Crippen LogP contribution in [-0.4, -0.2) is 17.4 Å². The molecule has 1 heterocycles. The fraction of sp³-hybridized carbons (Fsp3) is 0.143. The number of aromatic nitrogens is 1. The predicted octanol–water partition coefficient (Wildman–Crippen LogP) is 2.21. The Hall–Kier alpha value is -2.56. The lowest BCUT2D eigenvalue weighted by molar-refractivity contribution is 0.0956. The van der Waals surface area contributed by atoms with Crippen LogP contribution in [0.25, 0.3) is 0 Å². The Labute approximate surface area is 111 Å². The average molecular weight is 257 g/mol. The lowest BCUT2D eigenvalue weighted by Crippen LogP contribution is -2.22. The predicted molar refractivity (Wildman–Crippen MR) is 73.2 cm³/mol. The highest BCUT2D eigenvalue weighted by molar-refractivity contribution is 5.95. The Balaban J connectivity index is 2.18. The molecule has 0 atom stereocenters. The van der Waals surface area contributed by atoms with Crippen LogP contribution in [0, 0.1) is 0 Å². The van der Waals surface area contributed by atoms with Crippen molar-refractivity contribution < 1.29 is 9.53 Å². The number of pyridine rings is 1. The third kappa shape index (κ3) is 3.22. The van der Waals surface area contributed by atoms with Crippen molar-refractivity contribution in [3.8, 4) is 11.5 Å². The van der Waals surface area contributed by atoms with Gasteiger partial charge >= 0.3 is 0 Å². The molecule has 0 aliphatic heterocycles. The van der Waals surface area contributed by atoms with Gasteiger partial charge in [0.05, 0.1) is 11.9 Å². The van der Waals surface area contributed by atoms with E-state index < -0.39 is 0 Å². The number of ether oxygens (including phenoxy) is 1. The highest BCUT2D eigenvalue weighted by Gasteiger charge is 2.08. The number of nitrogens with zero attached hydrogens (tertiary/aromatic N) is 1. The minimum atomic E-state index is -0.151. The molecule has 0 saturated heterocycles. The Kier molecular flexibility index (Phi) is 3.97. The number of carbonyl (C=O) groups excluding carboxylic acids is 1. The summed E-state index contributed by atoms with van der Waals surface area (Å²) in [4.78, 5) is 15.6. The summed E-state index contributed by atoms with van der Waals surface area (Å²) in [5, 5.41) is 2.71. The van der Waals surface area contributed by atoms with Crippen LogP contribution in [-0.2, 0) is 0 Å². The summed E-state index contributed by atoms with van der Waals surface area (Å²) in [6, 6.07) is 8.50. The van der Waals surface area contributed by atoms with Crippen molar-refractivity contribution in [2.75, 3.05) is 12.3 Å². The molecule has 0 spiro atoms. The summed E-state index contributed by atoms with van der Waals surface area (Å²) in [5.74, 6) is 0.947. The van der Waals surface area contributed by atoms with E-state index in [2.05, 4.69) is 10.3 Å². The van der Waals surface area contributed by atoms with E-state index in [0.717, 1.165) is 0 Å². The summed E-state index contributed by atoms with van der Waals surface area (Å²) in [6.45, 7) is 2.44. The number of nitrogen functional groups attached to an aromatic ring is 1. The molecule has 1 aromatic heterocycles. The van der Waals surface area contributed by atoms with E-state index in [4.69, 9.17) is 10.5 Å². The number of nitrogens with two attached hydrogens (primary N) is 1. The van der Waals surface area contributed by atoms with Crippen molar-refractivity contribution in [3.63, 3.8) is 0 Å². The number of amides is 1. The number of carbonyl (C=O) groups is 1. The molecule has 0 unspecified atom stereocenters. The van der Waals surface area contributed by atoms with Gasteiger partial charge in [0.2, 0.25) is 0 Å². The van der Waals surface area contributed by atoms with Gasteiger partial charge < -0.3 is 15.8 Å². The summed E-state index contributed by atoms with van der Waals surface area (Å²) in [7, 11) is 0. The zero-order chi connectivity index (χ0) is 13.7. The van der Waals surface area contributed by atoms with E-state index in [1.807, 2.05) is 6.92 Å². The molecule has 5 nitrogen and oxygen atoms in total. The van der Waals surface area contributed by atoms with E-state index in [9.17, 15) is 4.79 Å². The van der Waals surface area contributed by atoms with Crippen molar-refractivity contribution >= 4 is 11.6 Å². The quantitative estimate of drug-likeness (QED) is 0.823. The van der Waals surface area contributed by atoms with Crippen molar-refractivity contribution in [1.29, 1.82) is 0 Å². The van der Waals surface area contributed by atoms with Crippen molar-refractivity contribution in [2.45, 2.75) is 6.92 Å². The number of benzene rings is 1. The molecule has 0 radical (unpaired) electrons. The first-order valence-corrected chi connectivity index (χ1v) is 5.96. The van der Waals surface area contributed by atoms with Crippen LogP contribution in [0.1, 0.15) is 17.3 Å². The highest BCUT2D eigenvalue weighted by Crippen LogP contribution is 2.27. The van der Waals surface area contributed by atoms with Crippen LogP contribution in [0.4, 0.5) is 5.69 Å². The minimum absolute atomic E-state index is 0.151. The van der Waals surface area contributed by atoms with Gasteiger partial charge in [0.25, 0.3) is 5.91 Å². The Morgan fingerprint density at radius 2 is 2.26 bits per heavy atom. The Morgan fingerprint density at radius 3 is 2.89 bits per heavy atom. The average Bonchev–Trinajstić information content (AvgIpc) is 2.42. The fourth-order valence-electron chi connectivity index (χ4n) is 1.58. The lowest BCUT2D eigenvalue weighted by Gasteiger charge is -2.09. The molecule has 0 aliphatic rings. The largest absolute Gasteiger partial charge is 0.454 e. The van der Waals surface area contributed by atoms with Gasteiger partial charge in [-0.15, -0.1) is 0 Å². The molecule has 2 aromatic rings. The van der Waals surface area contributed by atoms with Crippen LogP contribution < -0.4 is 15.8 Å². The number of rotatable bonds is 4. The van der Waals surface area contributed by atoms with E-state index >= 15 is 0 Å². The molecule has 0 fully saturated rings. The molecule has 1 aromatic carbocycles. The van der Waals surface area contributed by atoms with Gasteiger partial charge in [0.1, 0.15) is 11.5 Å². The monoisotopic (exact) mass is 257 g/mol. The Bertz CT molecular complexity index is 570. The molecule has 1 amide bonds. The second-order valence-corrected chi connectivity index (χ2v) is 3.90. The second kappa shape index (κ2) is 5.86. The first kappa shape index (κ1) is 12.9. The third-order valence-corrected chi connectivity index (χ3v) is 2.47. The molecule has 19 heavy (non-hydrogen) atoms. The normalized spacial score (nSPS) is 9.95. The first-order valence-electron chi connectivity index (χ1n) is 5.96. The van der Waals surface area contributed by atoms with Crippen LogP contribution in [0.2, 0.25) is 0 Å². The molecule has 2 rings (SSSR count). The minimum Gasteiger partial charge on any atom is -0.454 e. The van der Waals surface area contributed by atoms with E-state index in [1.165, 1.54) is 0 Å². The molecular weight excluding hydrogens is 242 g/mol. The third-order valence-electron chi connectivity index (χ3n) is 2.47. The second-order valence-electron chi connectivity index (χ2n) is 3.90. The maximum atomic E-state index is 11.6. The standard InChI is InChI=1S/C14H15N3O2/c1-2-17-14(18)10-5-6-13(12(15)8-10)19-11-4-3-7-16-9-11/h3-9H,2,15H2,1H3,(H,17,18). The van der Waals surface area contributed by atoms with Gasteiger partial charge in [-0.2, -0.15) is 0 Å². The first-order chi connectivity index (χ1) is 9.20. The van der Waals surface area contributed by atoms with Crippen LogP contribution >= 0.6 is 0 Å². The van der Waals surface area contributed by atoms with E-state index in [1.54, 1.807) is 42.7 Å². The van der Waals surface area contributed by atoms with Crippen LogP contribution in [0.5, 0.6) is 11.5 Å². The van der Waals surface area contributed by atoms with E-state index in [0.29, 0.717) is 29.3 Å². The van der Waals surface area contributed by atoms with Crippen molar-refractivity contribution in [3.05, 3.63) is 48.3 Å². The number of hydrogen-bond donors (Lipinski definition) is 2. The number of hydrogen-bond acceptors (Lipinski definition) is 4. The van der Waals surface area contributed by atoms with Crippen LogP contribution in [0.15, 0.2) is 42.7 Å². The Morgan fingerprint density at radius 1 is 1.42 bits per heavy atom. The molecule has 0 aliphatic carbocycles. The molecule has 98 valence electrons. The SMILES string of the molecule is CCNC(=O)c1ccc(Oc2cccnc2)c(N)c1. The zero-order valence-corrected chi connectivity index (χ0v) is 10.6. The lowest BCUT2D eigenvalue weighted by atomic mass is 10.1. The maximum Gasteiger partial charge on any atom is 0.251 e. The summed E-state index contributed by atoms with van der Waals surface area (Å²) >= 11 is 0.